The number of anilines is 2. The largest absolute Gasteiger partial charge is 0.484 e. The number of carbonyl (C=O) groups excluding carboxylic acids is 2. The summed E-state index contributed by atoms with van der Waals surface area (Å²) in [5.74, 6) is 0.461. The van der Waals surface area contributed by atoms with Crippen molar-refractivity contribution >= 4 is 33.3 Å². The molecule has 0 aromatic heterocycles. The smallest absolute Gasteiger partial charge is 0.319 e. The lowest BCUT2D eigenvalue weighted by Crippen LogP contribution is -2.32. The van der Waals surface area contributed by atoms with Gasteiger partial charge in [-0.2, -0.15) is 0 Å². The second-order valence-corrected chi connectivity index (χ2v) is 9.47. The Hall–Kier alpha value is -3.27. The molecule has 0 saturated carbocycles. The molecule has 1 saturated heterocycles. The maximum absolute atomic E-state index is 12.4. The van der Waals surface area contributed by atoms with E-state index in [-0.39, 0.29) is 18.6 Å². The molecule has 172 valence electrons. The molecule has 0 bridgehead atoms. The average molecular weight is 461 g/mol. The van der Waals surface area contributed by atoms with Gasteiger partial charge in [0.05, 0.1) is 12.3 Å². The molecule has 2 aromatic carbocycles. The van der Waals surface area contributed by atoms with Gasteiger partial charge in [0, 0.05) is 30.5 Å². The summed E-state index contributed by atoms with van der Waals surface area (Å²) in [4.78, 5) is 26.3. The molecule has 3 amide bonds. The fourth-order valence-corrected chi connectivity index (χ4v) is 3.93. The third-order valence-corrected chi connectivity index (χ3v) is 5.58. The molecule has 32 heavy (non-hydrogen) atoms. The molecule has 1 heterocycles. The Morgan fingerprint density at radius 2 is 1.75 bits per heavy atom. The molecular weight excluding hydrogens is 432 g/mol. The third kappa shape index (κ3) is 7.16. The summed E-state index contributed by atoms with van der Waals surface area (Å²) in [6, 6.07) is 12.9. The standard InChI is InChI=1S/C22H28N4O5S/c1-16(17-8-10-18(11-9-17)25-32(2,29)30)23-22(28)24-19-6-5-7-20(14-19)31-15-21(27)26-12-3-4-13-26/h5-11,14,16,25H,3-4,12-13,15H2,1-2H3,(H2,23,24,28). The number of rotatable bonds is 8. The number of nitrogens with zero attached hydrogens (tertiary/aromatic N) is 1. The van der Waals surface area contributed by atoms with E-state index >= 15 is 0 Å². The van der Waals surface area contributed by atoms with E-state index in [1.54, 1.807) is 53.4 Å². The van der Waals surface area contributed by atoms with E-state index < -0.39 is 16.1 Å². The van der Waals surface area contributed by atoms with Gasteiger partial charge in [0.25, 0.3) is 5.91 Å². The highest BCUT2D eigenvalue weighted by atomic mass is 32.2. The molecule has 2 aromatic rings. The van der Waals surface area contributed by atoms with Crippen LogP contribution in [0.4, 0.5) is 16.2 Å². The van der Waals surface area contributed by atoms with Crippen LogP contribution in [0.2, 0.25) is 0 Å². The van der Waals surface area contributed by atoms with Gasteiger partial charge in [-0.3, -0.25) is 9.52 Å². The maximum Gasteiger partial charge on any atom is 0.319 e. The molecule has 1 unspecified atom stereocenters. The van der Waals surface area contributed by atoms with Crippen molar-refractivity contribution in [3.05, 3.63) is 54.1 Å². The fourth-order valence-electron chi connectivity index (χ4n) is 3.37. The number of sulfonamides is 1. The Morgan fingerprint density at radius 3 is 2.41 bits per heavy atom. The van der Waals surface area contributed by atoms with E-state index in [0.29, 0.717) is 17.1 Å². The number of benzene rings is 2. The predicted molar refractivity (Wildman–Crippen MR) is 123 cm³/mol. The highest BCUT2D eigenvalue weighted by molar-refractivity contribution is 7.92. The SMILES string of the molecule is CC(NC(=O)Nc1cccc(OCC(=O)N2CCCC2)c1)c1ccc(NS(C)(=O)=O)cc1. The first-order valence-electron chi connectivity index (χ1n) is 10.4. The van der Waals surface area contributed by atoms with Gasteiger partial charge in [-0.25, -0.2) is 13.2 Å². The Labute approximate surface area is 188 Å². The van der Waals surface area contributed by atoms with Crippen molar-refractivity contribution < 1.29 is 22.7 Å². The Bertz CT molecular complexity index is 1050. The third-order valence-electron chi connectivity index (χ3n) is 4.97. The summed E-state index contributed by atoms with van der Waals surface area (Å²) in [5.41, 5.74) is 1.80. The van der Waals surface area contributed by atoms with E-state index in [2.05, 4.69) is 15.4 Å². The molecule has 3 N–H and O–H groups in total. The van der Waals surface area contributed by atoms with Crippen molar-refractivity contribution in [2.24, 2.45) is 0 Å². The van der Waals surface area contributed by atoms with Crippen LogP contribution in [0.25, 0.3) is 0 Å². The molecule has 3 rings (SSSR count). The van der Waals surface area contributed by atoms with Gasteiger partial charge in [-0.05, 0) is 49.6 Å². The molecule has 0 spiro atoms. The minimum Gasteiger partial charge on any atom is -0.484 e. The van der Waals surface area contributed by atoms with Crippen molar-refractivity contribution in [1.82, 2.24) is 10.2 Å². The number of amides is 3. The van der Waals surface area contributed by atoms with E-state index in [0.717, 1.165) is 37.8 Å². The number of hydrogen-bond donors (Lipinski definition) is 3. The molecular formula is C22H28N4O5S. The van der Waals surface area contributed by atoms with Gasteiger partial charge in [-0.1, -0.05) is 18.2 Å². The zero-order valence-corrected chi connectivity index (χ0v) is 18.9. The lowest BCUT2D eigenvalue weighted by molar-refractivity contribution is -0.132. The molecule has 0 aliphatic carbocycles. The number of carbonyl (C=O) groups is 2. The highest BCUT2D eigenvalue weighted by Crippen LogP contribution is 2.19. The number of likely N-dealkylation sites (tertiary alicyclic amines) is 1. The Kier molecular flexibility index (Phi) is 7.57. The van der Waals surface area contributed by atoms with Gasteiger partial charge in [0.1, 0.15) is 5.75 Å². The van der Waals surface area contributed by atoms with Crippen LogP contribution in [-0.4, -0.2) is 51.2 Å². The van der Waals surface area contributed by atoms with Crippen molar-refractivity contribution in [3.8, 4) is 5.75 Å². The predicted octanol–water partition coefficient (Wildman–Crippen LogP) is 2.94. The van der Waals surface area contributed by atoms with E-state index in [9.17, 15) is 18.0 Å². The highest BCUT2D eigenvalue weighted by Gasteiger charge is 2.18. The van der Waals surface area contributed by atoms with Crippen molar-refractivity contribution in [3.63, 3.8) is 0 Å². The Balaban J connectivity index is 1.50. The van der Waals surface area contributed by atoms with Gasteiger partial charge in [0.2, 0.25) is 10.0 Å². The maximum atomic E-state index is 12.4. The summed E-state index contributed by atoms with van der Waals surface area (Å²) in [6.45, 7) is 3.34. The molecule has 1 aliphatic rings. The molecule has 1 atom stereocenters. The molecule has 0 radical (unpaired) electrons. The minimum atomic E-state index is -3.34. The monoisotopic (exact) mass is 460 g/mol. The van der Waals surface area contributed by atoms with Gasteiger partial charge in [-0.15, -0.1) is 0 Å². The zero-order valence-electron chi connectivity index (χ0n) is 18.1. The lowest BCUT2D eigenvalue weighted by atomic mass is 10.1. The fraction of sp³-hybridized carbons (Fsp3) is 0.364. The first-order valence-corrected chi connectivity index (χ1v) is 12.2. The lowest BCUT2D eigenvalue weighted by Gasteiger charge is -2.17. The van der Waals surface area contributed by atoms with E-state index in [4.69, 9.17) is 4.74 Å². The zero-order chi connectivity index (χ0) is 23.1. The number of ether oxygens (including phenoxy) is 1. The average Bonchev–Trinajstić information content (AvgIpc) is 3.26. The number of urea groups is 1. The summed E-state index contributed by atoms with van der Waals surface area (Å²) in [7, 11) is -3.34. The van der Waals surface area contributed by atoms with E-state index in [1.807, 2.05) is 6.92 Å². The minimum absolute atomic E-state index is 0.0309. The normalized spacial score (nSPS) is 14.5. The number of nitrogens with one attached hydrogen (secondary N) is 3. The summed E-state index contributed by atoms with van der Waals surface area (Å²) < 4.78 is 30.6. The van der Waals surface area contributed by atoms with Crippen LogP contribution in [0.3, 0.4) is 0 Å². The number of hydrogen-bond acceptors (Lipinski definition) is 5. The Morgan fingerprint density at radius 1 is 1.06 bits per heavy atom. The molecule has 1 fully saturated rings. The summed E-state index contributed by atoms with van der Waals surface area (Å²) in [5, 5.41) is 5.58. The van der Waals surface area contributed by atoms with Crippen LogP contribution < -0.4 is 20.1 Å². The first-order chi connectivity index (χ1) is 15.2. The quantitative estimate of drug-likeness (QED) is 0.560. The molecule has 1 aliphatic heterocycles. The van der Waals surface area contributed by atoms with Gasteiger partial charge >= 0.3 is 6.03 Å². The van der Waals surface area contributed by atoms with Crippen LogP contribution in [-0.2, 0) is 14.8 Å². The topological polar surface area (TPSA) is 117 Å². The van der Waals surface area contributed by atoms with Crippen molar-refractivity contribution in [1.29, 1.82) is 0 Å². The van der Waals surface area contributed by atoms with Crippen LogP contribution in [0.5, 0.6) is 5.75 Å². The second kappa shape index (κ2) is 10.4. The summed E-state index contributed by atoms with van der Waals surface area (Å²) in [6.07, 6.45) is 3.14. The van der Waals surface area contributed by atoms with Crippen LogP contribution >= 0.6 is 0 Å². The van der Waals surface area contributed by atoms with Gasteiger partial charge in [0.15, 0.2) is 6.61 Å². The van der Waals surface area contributed by atoms with Gasteiger partial charge < -0.3 is 20.3 Å². The van der Waals surface area contributed by atoms with Crippen molar-refractivity contribution in [2.75, 3.05) is 36.0 Å². The van der Waals surface area contributed by atoms with Crippen molar-refractivity contribution in [2.45, 2.75) is 25.8 Å². The van der Waals surface area contributed by atoms with E-state index in [1.165, 1.54) is 0 Å². The molecule has 9 nitrogen and oxygen atoms in total. The first kappa shape index (κ1) is 23.4. The molecule has 10 heteroatoms. The van der Waals surface area contributed by atoms with Crippen LogP contribution in [0.1, 0.15) is 31.4 Å². The van der Waals surface area contributed by atoms with Crippen LogP contribution in [0, 0.1) is 0 Å². The van der Waals surface area contributed by atoms with Crippen LogP contribution in [0.15, 0.2) is 48.5 Å². The summed E-state index contributed by atoms with van der Waals surface area (Å²) >= 11 is 0. The second-order valence-electron chi connectivity index (χ2n) is 7.72.